The molecule has 7 heteroatoms. The third kappa shape index (κ3) is 3.18. The van der Waals surface area contributed by atoms with E-state index < -0.39 is 11.9 Å². The molecule has 2 N–H and O–H groups in total. The molecule has 0 bridgehead atoms. The van der Waals surface area contributed by atoms with Gasteiger partial charge in [-0.3, -0.25) is 4.79 Å². The highest BCUT2D eigenvalue weighted by Gasteiger charge is 2.20. The van der Waals surface area contributed by atoms with Crippen LogP contribution in [0.15, 0.2) is 29.6 Å². The van der Waals surface area contributed by atoms with Gasteiger partial charge in [-0.25, -0.2) is 14.2 Å². The number of aromatic nitrogens is 1. The van der Waals surface area contributed by atoms with Crippen LogP contribution in [0.25, 0.3) is 0 Å². The molecular formula is C13H11FN2O3S. The number of carboxylic acids is 1. The zero-order valence-corrected chi connectivity index (χ0v) is 11.3. The molecule has 0 aliphatic rings. The third-order valence-corrected chi connectivity index (χ3v) is 3.64. The first-order chi connectivity index (χ1) is 9.47. The van der Waals surface area contributed by atoms with Gasteiger partial charge in [0, 0.05) is 11.1 Å². The first-order valence-electron chi connectivity index (χ1n) is 5.72. The first kappa shape index (κ1) is 14.1. The lowest BCUT2D eigenvalue weighted by Crippen LogP contribution is -2.18. The largest absolute Gasteiger partial charge is 0.476 e. The van der Waals surface area contributed by atoms with E-state index in [0.717, 1.165) is 11.3 Å². The van der Waals surface area contributed by atoms with Crippen molar-refractivity contribution in [3.05, 3.63) is 46.2 Å². The number of hydrogen-bond donors (Lipinski definition) is 2. The molecule has 0 saturated heterocycles. The number of nitrogens with one attached hydrogen (secondary N) is 1. The lowest BCUT2D eigenvalue weighted by molar-refractivity contribution is -0.117. The van der Waals surface area contributed by atoms with Gasteiger partial charge in [0.05, 0.1) is 5.92 Å². The summed E-state index contributed by atoms with van der Waals surface area (Å²) < 4.78 is 12.7. The Kier molecular flexibility index (Phi) is 4.09. The maximum absolute atomic E-state index is 12.7. The molecule has 1 heterocycles. The predicted octanol–water partition coefficient (Wildman–Crippen LogP) is 2.72. The molecule has 1 aromatic heterocycles. The van der Waals surface area contributed by atoms with Crippen LogP contribution in [0, 0.1) is 5.82 Å². The van der Waals surface area contributed by atoms with Gasteiger partial charge in [0.25, 0.3) is 0 Å². The Morgan fingerprint density at radius 2 is 2.00 bits per heavy atom. The van der Waals surface area contributed by atoms with Gasteiger partial charge in [-0.2, -0.15) is 0 Å². The summed E-state index contributed by atoms with van der Waals surface area (Å²) in [7, 11) is 0. The van der Waals surface area contributed by atoms with Gasteiger partial charge < -0.3 is 10.4 Å². The fourth-order valence-corrected chi connectivity index (χ4v) is 2.33. The molecule has 0 unspecified atom stereocenters. The van der Waals surface area contributed by atoms with Crippen LogP contribution in [0.5, 0.6) is 0 Å². The quantitative estimate of drug-likeness (QED) is 0.908. The molecule has 2 rings (SSSR count). The van der Waals surface area contributed by atoms with Gasteiger partial charge in [-0.05, 0) is 31.2 Å². The molecule has 1 atom stereocenters. The minimum absolute atomic E-state index is 0.0774. The lowest BCUT2D eigenvalue weighted by Gasteiger charge is -2.09. The van der Waals surface area contributed by atoms with Crippen LogP contribution < -0.4 is 5.32 Å². The standard InChI is InChI=1S/C13H11FN2O3S/c1-7(12-16-10(6-20-12)13(18)19)11(17)15-9-4-2-8(14)3-5-9/h2-7H,1H3,(H,15,17)(H,18,19)/t7-/m0/s1. The second-order valence-electron chi connectivity index (χ2n) is 4.09. The molecule has 104 valence electrons. The Morgan fingerprint density at radius 1 is 1.35 bits per heavy atom. The molecule has 0 aliphatic heterocycles. The SMILES string of the molecule is C[C@@H](C(=O)Nc1ccc(F)cc1)c1nc(C(=O)O)cs1. The van der Waals surface area contributed by atoms with Gasteiger partial charge in [0.1, 0.15) is 10.8 Å². The molecule has 0 fully saturated rings. The fourth-order valence-electron chi connectivity index (χ4n) is 1.48. The smallest absolute Gasteiger partial charge is 0.355 e. The highest BCUT2D eigenvalue weighted by atomic mass is 32.1. The van der Waals surface area contributed by atoms with Crippen molar-refractivity contribution in [2.24, 2.45) is 0 Å². The summed E-state index contributed by atoms with van der Waals surface area (Å²) in [6.07, 6.45) is 0. The van der Waals surface area contributed by atoms with Crippen LogP contribution in [0.2, 0.25) is 0 Å². The average molecular weight is 294 g/mol. The van der Waals surface area contributed by atoms with Crippen molar-refractivity contribution < 1.29 is 19.1 Å². The van der Waals surface area contributed by atoms with Crippen LogP contribution in [0.4, 0.5) is 10.1 Å². The van der Waals surface area contributed by atoms with Crippen LogP contribution in [0.3, 0.4) is 0 Å². The monoisotopic (exact) mass is 294 g/mol. The number of thiazole rings is 1. The molecule has 0 saturated carbocycles. The summed E-state index contributed by atoms with van der Waals surface area (Å²) >= 11 is 1.11. The molecule has 0 aliphatic carbocycles. The summed E-state index contributed by atoms with van der Waals surface area (Å²) in [4.78, 5) is 26.6. The molecule has 1 aromatic carbocycles. The number of aromatic carboxylic acids is 1. The first-order valence-corrected chi connectivity index (χ1v) is 6.60. The van der Waals surface area contributed by atoms with Crippen molar-refractivity contribution in [2.75, 3.05) is 5.32 Å². The van der Waals surface area contributed by atoms with Crippen molar-refractivity contribution >= 4 is 28.9 Å². The molecule has 2 aromatic rings. The van der Waals surface area contributed by atoms with Crippen molar-refractivity contribution in [1.29, 1.82) is 0 Å². The van der Waals surface area contributed by atoms with E-state index >= 15 is 0 Å². The minimum Gasteiger partial charge on any atom is -0.476 e. The second-order valence-corrected chi connectivity index (χ2v) is 4.98. The highest BCUT2D eigenvalue weighted by Crippen LogP contribution is 2.22. The molecule has 0 radical (unpaired) electrons. The van der Waals surface area contributed by atoms with Gasteiger partial charge in [0.2, 0.25) is 5.91 Å². The number of carboxylic acid groups (broad SMARTS) is 1. The third-order valence-electron chi connectivity index (χ3n) is 2.62. The van der Waals surface area contributed by atoms with E-state index in [1.807, 2.05) is 0 Å². The number of hydrogen-bond acceptors (Lipinski definition) is 4. The maximum atomic E-state index is 12.7. The van der Waals surface area contributed by atoms with E-state index in [1.165, 1.54) is 29.6 Å². The number of halogens is 1. The zero-order valence-electron chi connectivity index (χ0n) is 10.5. The molecule has 1 amide bonds. The number of carbonyl (C=O) groups is 2. The Morgan fingerprint density at radius 3 is 2.55 bits per heavy atom. The summed E-state index contributed by atoms with van der Waals surface area (Å²) in [5.74, 6) is -2.43. The van der Waals surface area contributed by atoms with E-state index in [2.05, 4.69) is 10.3 Å². The summed E-state index contributed by atoms with van der Waals surface area (Å²) in [6, 6.07) is 5.38. The average Bonchev–Trinajstić information content (AvgIpc) is 2.90. The van der Waals surface area contributed by atoms with E-state index in [-0.39, 0.29) is 17.4 Å². The molecular weight excluding hydrogens is 283 g/mol. The van der Waals surface area contributed by atoms with Crippen LogP contribution in [-0.4, -0.2) is 22.0 Å². The Hall–Kier alpha value is -2.28. The predicted molar refractivity (Wildman–Crippen MR) is 72.5 cm³/mol. The molecule has 0 spiro atoms. The molecule has 20 heavy (non-hydrogen) atoms. The summed E-state index contributed by atoms with van der Waals surface area (Å²) in [5, 5.41) is 13.2. The van der Waals surface area contributed by atoms with Gasteiger partial charge in [0.15, 0.2) is 5.69 Å². The van der Waals surface area contributed by atoms with Gasteiger partial charge in [-0.15, -0.1) is 11.3 Å². The fraction of sp³-hybridized carbons (Fsp3) is 0.154. The van der Waals surface area contributed by atoms with E-state index in [4.69, 9.17) is 5.11 Å². The Labute approximate surface area is 118 Å². The number of nitrogens with zero attached hydrogens (tertiary/aromatic N) is 1. The van der Waals surface area contributed by atoms with Crippen molar-refractivity contribution in [3.63, 3.8) is 0 Å². The number of rotatable bonds is 4. The summed E-state index contributed by atoms with van der Waals surface area (Å²) in [6.45, 7) is 1.63. The topological polar surface area (TPSA) is 79.3 Å². The lowest BCUT2D eigenvalue weighted by atomic mass is 10.1. The Bertz CT molecular complexity index is 639. The van der Waals surface area contributed by atoms with E-state index in [0.29, 0.717) is 10.7 Å². The van der Waals surface area contributed by atoms with E-state index in [1.54, 1.807) is 6.92 Å². The number of benzene rings is 1. The number of carbonyl (C=O) groups excluding carboxylic acids is 1. The molecule has 5 nitrogen and oxygen atoms in total. The van der Waals surface area contributed by atoms with Gasteiger partial charge >= 0.3 is 5.97 Å². The normalized spacial score (nSPS) is 11.9. The highest BCUT2D eigenvalue weighted by molar-refractivity contribution is 7.10. The zero-order chi connectivity index (χ0) is 14.7. The van der Waals surface area contributed by atoms with Crippen LogP contribution in [-0.2, 0) is 4.79 Å². The maximum Gasteiger partial charge on any atom is 0.355 e. The van der Waals surface area contributed by atoms with Crippen molar-refractivity contribution in [3.8, 4) is 0 Å². The number of anilines is 1. The van der Waals surface area contributed by atoms with Gasteiger partial charge in [-0.1, -0.05) is 0 Å². The second kappa shape index (κ2) is 5.79. The van der Waals surface area contributed by atoms with Crippen molar-refractivity contribution in [1.82, 2.24) is 4.98 Å². The van der Waals surface area contributed by atoms with E-state index in [9.17, 15) is 14.0 Å². The van der Waals surface area contributed by atoms with Crippen LogP contribution >= 0.6 is 11.3 Å². The van der Waals surface area contributed by atoms with Crippen molar-refractivity contribution in [2.45, 2.75) is 12.8 Å². The minimum atomic E-state index is -1.13. The van der Waals surface area contributed by atoms with Crippen LogP contribution in [0.1, 0.15) is 28.3 Å². The number of amides is 1. The summed E-state index contributed by atoms with van der Waals surface area (Å²) in [5.41, 5.74) is 0.393. The Balaban J connectivity index is 2.07.